The van der Waals surface area contributed by atoms with Gasteiger partial charge >= 0.3 is 5.76 Å². The standard InChI is InChI=1S/C11H7NO3/c1-12-8-4-6-2-3-9(13)7(6)5-10(8)15-11(12)14/h2-5H,1H3. The van der Waals surface area contributed by atoms with E-state index in [1.165, 1.54) is 10.6 Å². The van der Waals surface area contributed by atoms with Gasteiger partial charge in [0, 0.05) is 12.6 Å². The van der Waals surface area contributed by atoms with E-state index >= 15 is 0 Å². The largest absolute Gasteiger partial charge is 0.419 e. The number of ketones is 1. The maximum Gasteiger partial charge on any atom is 0.419 e. The molecule has 4 heteroatoms. The summed E-state index contributed by atoms with van der Waals surface area (Å²) in [6.45, 7) is 0. The van der Waals surface area contributed by atoms with Gasteiger partial charge in [-0.1, -0.05) is 6.08 Å². The molecule has 2 aromatic rings. The van der Waals surface area contributed by atoms with E-state index in [4.69, 9.17) is 4.42 Å². The number of rotatable bonds is 0. The van der Waals surface area contributed by atoms with Crippen LogP contribution in [0.1, 0.15) is 15.9 Å². The molecule has 0 bridgehead atoms. The molecule has 0 amide bonds. The van der Waals surface area contributed by atoms with Crippen LogP contribution in [0.15, 0.2) is 27.4 Å². The van der Waals surface area contributed by atoms with Crippen molar-refractivity contribution in [3.8, 4) is 0 Å². The molecule has 74 valence electrons. The normalized spacial score (nSPS) is 13.8. The van der Waals surface area contributed by atoms with Crippen molar-refractivity contribution in [2.75, 3.05) is 0 Å². The van der Waals surface area contributed by atoms with Crippen LogP contribution in [0.4, 0.5) is 0 Å². The Morgan fingerprint density at radius 1 is 1.20 bits per heavy atom. The summed E-state index contributed by atoms with van der Waals surface area (Å²) < 4.78 is 6.42. The minimum atomic E-state index is -0.412. The Balaban J connectivity index is 2.48. The Kier molecular flexibility index (Phi) is 1.36. The van der Waals surface area contributed by atoms with Crippen molar-refractivity contribution in [2.24, 2.45) is 7.05 Å². The highest BCUT2D eigenvalue weighted by molar-refractivity contribution is 6.15. The number of fused-ring (bicyclic) bond motifs is 2. The van der Waals surface area contributed by atoms with Crippen molar-refractivity contribution in [3.05, 3.63) is 39.9 Å². The van der Waals surface area contributed by atoms with Crippen molar-refractivity contribution in [1.29, 1.82) is 0 Å². The van der Waals surface area contributed by atoms with Crippen LogP contribution in [-0.4, -0.2) is 10.4 Å². The van der Waals surface area contributed by atoms with Gasteiger partial charge in [-0.2, -0.15) is 0 Å². The lowest BCUT2D eigenvalue weighted by Crippen LogP contribution is -2.08. The zero-order valence-electron chi connectivity index (χ0n) is 7.98. The number of benzene rings is 1. The number of carbonyl (C=O) groups is 1. The van der Waals surface area contributed by atoms with E-state index in [-0.39, 0.29) is 5.78 Å². The minimum Gasteiger partial charge on any atom is -0.408 e. The molecule has 0 fully saturated rings. The molecule has 0 unspecified atom stereocenters. The molecule has 0 aliphatic heterocycles. The number of nitrogens with zero attached hydrogens (tertiary/aromatic N) is 1. The molecule has 1 aliphatic rings. The van der Waals surface area contributed by atoms with Crippen LogP contribution >= 0.6 is 0 Å². The maximum atomic E-state index is 11.4. The van der Waals surface area contributed by atoms with Crippen molar-refractivity contribution in [3.63, 3.8) is 0 Å². The van der Waals surface area contributed by atoms with Gasteiger partial charge in [-0.15, -0.1) is 0 Å². The van der Waals surface area contributed by atoms with Crippen molar-refractivity contribution in [1.82, 2.24) is 4.57 Å². The maximum absolute atomic E-state index is 11.4. The van der Waals surface area contributed by atoms with Gasteiger partial charge in [0.15, 0.2) is 11.4 Å². The molecule has 1 aliphatic carbocycles. The van der Waals surface area contributed by atoms with Gasteiger partial charge in [0.25, 0.3) is 0 Å². The second kappa shape index (κ2) is 2.48. The van der Waals surface area contributed by atoms with E-state index in [0.717, 1.165) is 5.56 Å². The lowest BCUT2D eigenvalue weighted by Gasteiger charge is -1.97. The summed E-state index contributed by atoms with van der Waals surface area (Å²) in [4.78, 5) is 22.6. The summed E-state index contributed by atoms with van der Waals surface area (Å²) in [5, 5.41) is 0. The highest BCUT2D eigenvalue weighted by Crippen LogP contribution is 2.24. The Hall–Kier alpha value is -2.10. The molecule has 1 aromatic heterocycles. The first-order valence-electron chi connectivity index (χ1n) is 4.53. The first-order valence-corrected chi connectivity index (χ1v) is 4.53. The van der Waals surface area contributed by atoms with Crippen LogP contribution < -0.4 is 5.76 Å². The van der Waals surface area contributed by atoms with Crippen LogP contribution in [0.3, 0.4) is 0 Å². The van der Waals surface area contributed by atoms with Gasteiger partial charge in [-0.25, -0.2) is 4.79 Å². The third kappa shape index (κ3) is 0.958. The van der Waals surface area contributed by atoms with E-state index in [1.807, 2.05) is 0 Å². The van der Waals surface area contributed by atoms with E-state index in [1.54, 1.807) is 25.3 Å². The molecular weight excluding hydrogens is 194 g/mol. The molecule has 1 aromatic carbocycles. The zero-order valence-corrected chi connectivity index (χ0v) is 7.98. The molecule has 0 spiro atoms. The number of oxazole rings is 1. The zero-order chi connectivity index (χ0) is 10.6. The Morgan fingerprint density at radius 3 is 2.80 bits per heavy atom. The fourth-order valence-electron chi connectivity index (χ4n) is 1.80. The van der Waals surface area contributed by atoms with E-state index in [9.17, 15) is 9.59 Å². The second-order valence-electron chi connectivity index (χ2n) is 3.53. The van der Waals surface area contributed by atoms with Gasteiger partial charge in [-0.3, -0.25) is 9.36 Å². The average molecular weight is 201 g/mol. The predicted molar refractivity (Wildman–Crippen MR) is 54.8 cm³/mol. The van der Waals surface area contributed by atoms with Gasteiger partial charge in [0.2, 0.25) is 0 Å². The Morgan fingerprint density at radius 2 is 2.00 bits per heavy atom. The predicted octanol–water partition coefficient (Wildman–Crippen LogP) is 1.34. The quantitative estimate of drug-likeness (QED) is 0.646. The molecule has 1 heterocycles. The summed E-state index contributed by atoms with van der Waals surface area (Å²) in [6.07, 6.45) is 3.26. The van der Waals surface area contributed by atoms with Gasteiger partial charge < -0.3 is 4.42 Å². The summed E-state index contributed by atoms with van der Waals surface area (Å²) >= 11 is 0. The fraction of sp³-hybridized carbons (Fsp3) is 0.0909. The number of aromatic nitrogens is 1. The van der Waals surface area contributed by atoms with Gasteiger partial charge in [-0.05, 0) is 23.8 Å². The molecule has 0 radical (unpaired) electrons. The van der Waals surface area contributed by atoms with Crippen LogP contribution in [0.25, 0.3) is 17.2 Å². The first-order chi connectivity index (χ1) is 7.16. The lowest BCUT2D eigenvalue weighted by molar-refractivity contribution is 0.105. The summed E-state index contributed by atoms with van der Waals surface area (Å²) in [6, 6.07) is 3.41. The summed E-state index contributed by atoms with van der Waals surface area (Å²) in [5.41, 5.74) is 2.59. The third-order valence-electron chi connectivity index (χ3n) is 2.64. The molecule has 0 saturated heterocycles. The van der Waals surface area contributed by atoms with Crippen molar-refractivity contribution in [2.45, 2.75) is 0 Å². The number of aryl methyl sites for hydroxylation is 1. The van der Waals surface area contributed by atoms with Crippen molar-refractivity contribution < 1.29 is 9.21 Å². The molecule has 3 rings (SSSR count). The summed E-state index contributed by atoms with van der Waals surface area (Å²) in [5.74, 6) is -0.455. The fourth-order valence-corrected chi connectivity index (χ4v) is 1.80. The lowest BCUT2D eigenvalue weighted by atomic mass is 10.1. The van der Waals surface area contributed by atoms with Gasteiger partial charge in [0.1, 0.15) is 0 Å². The molecule has 0 atom stereocenters. The van der Waals surface area contributed by atoms with E-state index < -0.39 is 5.76 Å². The monoisotopic (exact) mass is 201 g/mol. The van der Waals surface area contributed by atoms with Crippen LogP contribution in [-0.2, 0) is 7.05 Å². The van der Waals surface area contributed by atoms with Gasteiger partial charge in [0.05, 0.1) is 5.52 Å². The minimum absolute atomic E-state index is 0.0431. The first kappa shape index (κ1) is 8.23. The van der Waals surface area contributed by atoms with E-state index in [2.05, 4.69) is 0 Å². The van der Waals surface area contributed by atoms with E-state index in [0.29, 0.717) is 16.7 Å². The number of allylic oxidation sites excluding steroid dienone is 1. The number of carbonyl (C=O) groups excluding carboxylic acids is 1. The Bertz CT molecular complexity index is 673. The third-order valence-corrected chi connectivity index (χ3v) is 2.64. The smallest absolute Gasteiger partial charge is 0.408 e. The Labute approximate surface area is 84.4 Å². The highest BCUT2D eigenvalue weighted by Gasteiger charge is 2.17. The van der Waals surface area contributed by atoms with Crippen LogP contribution in [0.5, 0.6) is 0 Å². The number of hydrogen-bond acceptors (Lipinski definition) is 3. The van der Waals surface area contributed by atoms with Crippen LogP contribution in [0, 0.1) is 0 Å². The molecule has 0 N–H and O–H groups in total. The molecule has 0 saturated carbocycles. The number of hydrogen-bond donors (Lipinski definition) is 0. The molecule has 4 nitrogen and oxygen atoms in total. The second-order valence-corrected chi connectivity index (χ2v) is 3.53. The molecular formula is C11H7NO3. The average Bonchev–Trinajstić information content (AvgIpc) is 2.70. The topological polar surface area (TPSA) is 52.2 Å². The van der Waals surface area contributed by atoms with Crippen LogP contribution in [0.2, 0.25) is 0 Å². The van der Waals surface area contributed by atoms with Crippen molar-refractivity contribution >= 4 is 23.0 Å². The summed E-state index contributed by atoms with van der Waals surface area (Å²) in [7, 11) is 1.64. The molecule has 15 heavy (non-hydrogen) atoms. The highest BCUT2D eigenvalue weighted by atomic mass is 16.4. The SMILES string of the molecule is Cn1c(=O)oc2cc3c(cc21)C=CC3=O.